The number of ether oxygens (including phenoxy) is 1. The Morgan fingerprint density at radius 3 is 3.00 bits per heavy atom. The molecule has 0 saturated heterocycles. The smallest absolute Gasteiger partial charge is 0.331 e. The average molecular weight is 411 g/mol. The van der Waals surface area contributed by atoms with Crippen LogP contribution < -0.4 is 5.01 Å². The number of nitrogens with zero attached hydrogens (tertiary/aromatic N) is 3. The maximum atomic E-state index is 11.9. The van der Waals surface area contributed by atoms with E-state index in [1.807, 2.05) is 0 Å². The number of hydrazone groups is 1. The minimum absolute atomic E-state index is 0.322. The number of aromatic nitrogens is 1. The molecule has 1 aliphatic rings. The Morgan fingerprint density at radius 2 is 2.37 bits per heavy atom. The van der Waals surface area contributed by atoms with Crippen molar-refractivity contribution in [2.24, 2.45) is 5.10 Å². The summed E-state index contributed by atoms with van der Waals surface area (Å²) in [6.07, 6.45) is 2.04. The lowest BCUT2D eigenvalue weighted by molar-refractivity contribution is -0.144. The Kier molecular flexibility index (Phi) is 4.81. The molecular formula is C11H10Br2ClN3O2. The van der Waals surface area contributed by atoms with E-state index in [0.29, 0.717) is 28.5 Å². The van der Waals surface area contributed by atoms with E-state index in [1.165, 1.54) is 5.01 Å². The minimum atomic E-state index is -0.541. The molecule has 102 valence electrons. The van der Waals surface area contributed by atoms with Crippen LogP contribution in [0.5, 0.6) is 0 Å². The summed E-state index contributed by atoms with van der Waals surface area (Å²) in [6.45, 7) is 2.08. The molecule has 19 heavy (non-hydrogen) atoms. The molecule has 5 nitrogen and oxygen atoms in total. The SMILES string of the molecule is CCOC(=O)C1CC(Br)=NN1c1ncc(Br)cc1Cl. The van der Waals surface area contributed by atoms with Crippen molar-refractivity contribution in [1.29, 1.82) is 0 Å². The highest BCUT2D eigenvalue weighted by atomic mass is 79.9. The van der Waals surface area contributed by atoms with Crippen LogP contribution in [0, 0.1) is 0 Å². The largest absolute Gasteiger partial charge is 0.464 e. The van der Waals surface area contributed by atoms with Crippen molar-refractivity contribution in [3.8, 4) is 0 Å². The molecule has 0 radical (unpaired) electrons. The molecular weight excluding hydrogens is 401 g/mol. The normalized spacial score (nSPS) is 18.4. The number of carbonyl (C=O) groups is 1. The minimum Gasteiger partial charge on any atom is -0.464 e. The Hall–Kier alpha value is -0.660. The van der Waals surface area contributed by atoms with E-state index in [2.05, 4.69) is 41.9 Å². The third-order valence-corrected chi connectivity index (χ3v) is 3.63. The van der Waals surface area contributed by atoms with Crippen LogP contribution in [0.2, 0.25) is 5.02 Å². The van der Waals surface area contributed by atoms with Gasteiger partial charge in [0.15, 0.2) is 11.9 Å². The first-order valence-corrected chi connectivity index (χ1v) is 7.49. The molecule has 2 heterocycles. The van der Waals surface area contributed by atoms with Crippen LogP contribution in [0.4, 0.5) is 5.82 Å². The fourth-order valence-corrected chi connectivity index (χ4v) is 2.86. The number of esters is 1. The molecule has 0 fully saturated rings. The number of hydrogen-bond donors (Lipinski definition) is 0. The summed E-state index contributed by atoms with van der Waals surface area (Å²) in [5.74, 6) is 0.0823. The molecule has 0 bridgehead atoms. The molecule has 1 unspecified atom stereocenters. The molecule has 1 aliphatic heterocycles. The maximum Gasteiger partial charge on any atom is 0.331 e. The predicted molar refractivity (Wildman–Crippen MR) is 80.8 cm³/mol. The van der Waals surface area contributed by atoms with Crippen molar-refractivity contribution in [2.75, 3.05) is 11.6 Å². The van der Waals surface area contributed by atoms with E-state index < -0.39 is 6.04 Å². The van der Waals surface area contributed by atoms with Crippen LogP contribution in [0.25, 0.3) is 0 Å². The van der Waals surface area contributed by atoms with Gasteiger partial charge in [0.2, 0.25) is 0 Å². The molecule has 0 aliphatic carbocycles. The highest BCUT2D eigenvalue weighted by molar-refractivity contribution is 9.18. The topological polar surface area (TPSA) is 54.8 Å². The van der Waals surface area contributed by atoms with E-state index in [0.717, 1.165) is 4.47 Å². The van der Waals surface area contributed by atoms with Crippen molar-refractivity contribution >= 4 is 59.9 Å². The zero-order valence-electron chi connectivity index (χ0n) is 9.94. The van der Waals surface area contributed by atoms with Gasteiger partial charge in [-0.3, -0.25) is 0 Å². The van der Waals surface area contributed by atoms with Crippen molar-refractivity contribution in [2.45, 2.75) is 19.4 Å². The highest BCUT2D eigenvalue weighted by Crippen LogP contribution is 2.32. The Morgan fingerprint density at radius 1 is 1.63 bits per heavy atom. The molecule has 2 rings (SSSR count). The Labute approximate surface area is 132 Å². The summed E-state index contributed by atoms with van der Waals surface area (Å²) in [7, 11) is 0. The lowest BCUT2D eigenvalue weighted by Crippen LogP contribution is -2.36. The average Bonchev–Trinajstić information content (AvgIpc) is 2.71. The molecule has 1 aromatic heterocycles. The molecule has 0 N–H and O–H groups in total. The summed E-state index contributed by atoms with van der Waals surface area (Å²) >= 11 is 12.7. The van der Waals surface area contributed by atoms with Gasteiger partial charge in [-0.15, -0.1) is 0 Å². The van der Waals surface area contributed by atoms with Crippen LogP contribution in [0.1, 0.15) is 13.3 Å². The fourth-order valence-electron chi connectivity index (χ4n) is 1.67. The third kappa shape index (κ3) is 3.27. The summed E-state index contributed by atoms with van der Waals surface area (Å²) in [5, 5.41) is 6.13. The van der Waals surface area contributed by atoms with Crippen LogP contribution >= 0.6 is 43.5 Å². The second-order valence-corrected chi connectivity index (χ2v) is 5.99. The number of anilines is 1. The van der Waals surface area contributed by atoms with Gasteiger partial charge in [0.1, 0.15) is 4.62 Å². The van der Waals surface area contributed by atoms with Gasteiger partial charge < -0.3 is 4.74 Å². The highest BCUT2D eigenvalue weighted by Gasteiger charge is 2.35. The molecule has 8 heteroatoms. The number of pyridine rings is 1. The van der Waals surface area contributed by atoms with E-state index in [-0.39, 0.29) is 5.97 Å². The van der Waals surface area contributed by atoms with Crippen molar-refractivity contribution < 1.29 is 9.53 Å². The Balaban J connectivity index is 2.32. The van der Waals surface area contributed by atoms with E-state index >= 15 is 0 Å². The van der Waals surface area contributed by atoms with Gasteiger partial charge in [-0.25, -0.2) is 14.8 Å². The second-order valence-electron chi connectivity index (χ2n) is 3.75. The van der Waals surface area contributed by atoms with Crippen LogP contribution in [-0.4, -0.2) is 28.2 Å². The first-order valence-electron chi connectivity index (χ1n) is 5.52. The standard InChI is InChI=1S/C11H10Br2ClN3O2/c1-2-19-11(18)8-4-9(13)16-17(8)10-7(14)3-6(12)5-15-10/h3,5,8H,2,4H2,1H3. The number of hydrogen-bond acceptors (Lipinski definition) is 5. The number of carbonyl (C=O) groups excluding carboxylic acids is 1. The fraction of sp³-hybridized carbons (Fsp3) is 0.364. The van der Waals surface area contributed by atoms with Gasteiger partial charge in [-0.05, 0) is 44.8 Å². The lowest BCUT2D eigenvalue weighted by atomic mass is 10.2. The van der Waals surface area contributed by atoms with Gasteiger partial charge >= 0.3 is 5.97 Å². The second kappa shape index (κ2) is 6.19. The van der Waals surface area contributed by atoms with Crippen LogP contribution in [0.3, 0.4) is 0 Å². The lowest BCUT2D eigenvalue weighted by Gasteiger charge is -2.21. The molecule has 0 aromatic carbocycles. The maximum absolute atomic E-state index is 11.9. The van der Waals surface area contributed by atoms with Crippen molar-refractivity contribution in [1.82, 2.24) is 4.98 Å². The monoisotopic (exact) mass is 409 g/mol. The molecule has 1 atom stereocenters. The van der Waals surface area contributed by atoms with Crippen LogP contribution in [-0.2, 0) is 9.53 Å². The zero-order chi connectivity index (χ0) is 14.0. The van der Waals surface area contributed by atoms with E-state index in [1.54, 1.807) is 19.2 Å². The van der Waals surface area contributed by atoms with E-state index in [4.69, 9.17) is 16.3 Å². The number of rotatable bonds is 3. The van der Waals surface area contributed by atoms with Crippen molar-refractivity contribution in [3.63, 3.8) is 0 Å². The summed E-state index contributed by atoms with van der Waals surface area (Å²) in [5.41, 5.74) is 0. The van der Waals surface area contributed by atoms with Gasteiger partial charge in [0, 0.05) is 17.1 Å². The third-order valence-electron chi connectivity index (χ3n) is 2.44. The summed E-state index contributed by atoms with van der Waals surface area (Å²) < 4.78 is 6.45. The molecule has 0 amide bonds. The summed E-state index contributed by atoms with van der Waals surface area (Å²) in [6, 6.07) is 1.16. The van der Waals surface area contributed by atoms with Gasteiger partial charge in [-0.1, -0.05) is 11.6 Å². The summed E-state index contributed by atoms with van der Waals surface area (Å²) in [4.78, 5) is 16.1. The first kappa shape index (κ1) is 14.7. The van der Waals surface area contributed by atoms with Gasteiger partial charge in [0.05, 0.1) is 11.6 Å². The number of halogens is 3. The molecule has 1 aromatic rings. The molecule has 0 saturated carbocycles. The molecule has 0 spiro atoms. The Bertz CT molecular complexity index is 539. The van der Waals surface area contributed by atoms with Gasteiger partial charge in [-0.2, -0.15) is 5.10 Å². The van der Waals surface area contributed by atoms with Crippen molar-refractivity contribution in [3.05, 3.63) is 21.8 Å². The van der Waals surface area contributed by atoms with Gasteiger partial charge in [0.25, 0.3) is 0 Å². The first-order chi connectivity index (χ1) is 9.02. The van der Waals surface area contributed by atoms with Crippen LogP contribution in [0.15, 0.2) is 21.8 Å². The van der Waals surface area contributed by atoms with E-state index in [9.17, 15) is 4.79 Å². The zero-order valence-corrected chi connectivity index (χ0v) is 13.9. The quantitative estimate of drug-likeness (QED) is 0.716. The predicted octanol–water partition coefficient (Wildman–Crippen LogP) is 3.35.